The molecule has 0 unspecified atom stereocenters. The van der Waals surface area contributed by atoms with Crippen LogP contribution in [0.5, 0.6) is 0 Å². The van der Waals surface area contributed by atoms with E-state index in [0.29, 0.717) is 0 Å². The minimum Gasteiger partial charge on any atom is -0.478 e. The highest BCUT2D eigenvalue weighted by Gasteiger charge is 2.21. The number of aromatic nitrogens is 1. The summed E-state index contributed by atoms with van der Waals surface area (Å²) in [4.78, 5) is 14.2. The summed E-state index contributed by atoms with van der Waals surface area (Å²) in [5.74, 6) is -1.32. The molecule has 0 radical (unpaired) electrons. The second-order valence-electron chi connectivity index (χ2n) is 2.30. The minimum absolute atomic E-state index is 0.0151. The molecule has 0 saturated carbocycles. The maximum absolute atomic E-state index is 12.3. The SMILES string of the molecule is O=C(O)c1c(Br)ncc(C(F)F)c1Br. The molecule has 0 bridgehead atoms. The maximum Gasteiger partial charge on any atom is 0.339 e. The lowest BCUT2D eigenvalue weighted by Crippen LogP contribution is -2.04. The lowest BCUT2D eigenvalue weighted by Gasteiger charge is -2.06. The summed E-state index contributed by atoms with van der Waals surface area (Å²) in [6.07, 6.45) is -1.84. The second kappa shape index (κ2) is 4.31. The van der Waals surface area contributed by atoms with Gasteiger partial charge in [0.25, 0.3) is 6.43 Å². The number of rotatable bonds is 2. The molecule has 0 saturated heterocycles. The van der Waals surface area contributed by atoms with Gasteiger partial charge in [0, 0.05) is 10.7 Å². The summed E-state index contributed by atoms with van der Waals surface area (Å²) in [6.45, 7) is 0. The molecule has 1 aromatic rings. The molecule has 1 N–H and O–H groups in total. The van der Waals surface area contributed by atoms with E-state index in [4.69, 9.17) is 5.11 Å². The van der Waals surface area contributed by atoms with Gasteiger partial charge in [0.1, 0.15) is 10.2 Å². The van der Waals surface area contributed by atoms with Gasteiger partial charge in [-0.25, -0.2) is 18.6 Å². The van der Waals surface area contributed by atoms with Crippen molar-refractivity contribution in [1.29, 1.82) is 0 Å². The second-order valence-corrected chi connectivity index (χ2v) is 3.84. The number of pyridine rings is 1. The van der Waals surface area contributed by atoms with Gasteiger partial charge in [0.15, 0.2) is 0 Å². The highest BCUT2D eigenvalue weighted by molar-refractivity contribution is 9.11. The van der Waals surface area contributed by atoms with Crippen LogP contribution in [0.1, 0.15) is 22.3 Å². The van der Waals surface area contributed by atoms with Crippen molar-refractivity contribution in [2.24, 2.45) is 0 Å². The Morgan fingerprint density at radius 2 is 2.07 bits per heavy atom. The van der Waals surface area contributed by atoms with Gasteiger partial charge in [-0.15, -0.1) is 0 Å². The molecule has 0 aromatic carbocycles. The van der Waals surface area contributed by atoms with Gasteiger partial charge < -0.3 is 5.11 Å². The molecule has 14 heavy (non-hydrogen) atoms. The topological polar surface area (TPSA) is 50.2 Å². The Morgan fingerprint density at radius 3 is 2.50 bits per heavy atom. The van der Waals surface area contributed by atoms with Gasteiger partial charge in [0.2, 0.25) is 0 Å². The average Bonchev–Trinajstić information content (AvgIpc) is 2.02. The molecule has 7 heteroatoms. The fourth-order valence-electron chi connectivity index (χ4n) is 0.817. The van der Waals surface area contributed by atoms with Crippen LogP contribution in [-0.4, -0.2) is 16.1 Å². The molecular formula is C7H3Br2F2NO2. The summed E-state index contributed by atoms with van der Waals surface area (Å²) in [6, 6.07) is 0. The lowest BCUT2D eigenvalue weighted by atomic mass is 10.2. The van der Waals surface area contributed by atoms with Gasteiger partial charge in [-0.05, 0) is 31.9 Å². The van der Waals surface area contributed by atoms with Gasteiger partial charge in [0.05, 0.1) is 5.56 Å². The van der Waals surface area contributed by atoms with E-state index < -0.39 is 18.0 Å². The van der Waals surface area contributed by atoms with Gasteiger partial charge in [-0.3, -0.25) is 0 Å². The predicted molar refractivity (Wildman–Crippen MR) is 51.6 cm³/mol. The monoisotopic (exact) mass is 329 g/mol. The molecule has 0 amide bonds. The first-order chi connectivity index (χ1) is 6.45. The number of nitrogens with zero attached hydrogens (tertiary/aromatic N) is 1. The number of carbonyl (C=O) groups is 1. The fraction of sp³-hybridized carbons (Fsp3) is 0.143. The van der Waals surface area contributed by atoms with Crippen LogP contribution in [0, 0.1) is 0 Å². The molecule has 1 heterocycles. The van der Waals surface area contributed by atoms with E-state index in [2.05, 4.69) is 36.8 Å². The molecule has 0 fully saturated rings. The Morgan fingerprint density at radius 1 is 1.50 bits per heavy atom. The van der Waals surface area contributed by atoms with Crippen LogP contribution in [0.3, 0.4) is 0 Å². The number of carboxylic acids is 1. The third kappa shape index (κ3) is 2.09. The number of hydrogen-bond acceptors (Lipinski definition) is 2. The zero-order chi connectivity index (χ0) is 10.9. The van der Waals surface area contributed by atoms with Gasteiger partial charge in [-0.1, -0.05) is 0 Å². The molecule has 0 aliphatic carbocycles. The molecule has 0 aliphatic rings. The van der Waals surface area contributed by atoms with Crippen LogP contribution in [0.4, 0.5) is 8.78 Å². The van der Waals surface area contributed by atoms with Crippen molar-refractivity contribution in [3.63, 3.8) is 0 Å². The first-order valence-electron chi connectivity index (χ1n) is 3.30. The average molecular weight is 331 g/mol. The number of alkyl halides is 2. The van der Waals surface area contributed by atoms with E-state index in [-0.39, 0.29) is 14.6 Å². The zero-order valence-electron chi connectivity index (χ0n) is 6.47. The molecule has 0 spiro atoms. The molecule has 1 rings (SSSR count). The molecule has 0 aliphatic heterocycles. The predicted octanol–water partition coefficient (Wildman–Crippen LogP) is 3.24. The zero-order valence-corrected chi connectivity index (χ0v) is 9.64. The van der Waals surface area contributed by atoms with E-state index in [9.17, 15) is 13.6 Å². The first kappa shape index (κ1) is 11.5. The van der Waals surface area contributed by atoms with E-state index >= 15 is 0 Å². The number of hydrogen-bond donors (Lipinski definition) is 1. The lowest BCUT2D eigenvalue weighted by molar-refractivity contribution is 0.0693. The Balaban J connectivity index is 3.41. The summed E-state index contributed by atoms with van der Waals surface area (Å²) in [7, 11) is 0. The van der Waals surface area contributed by atoms with Crippen molar-refractivity contribution < 1.29 is 18.7 Å². The van der Waals surface area contributed by atoms with Gasteiger partial charge >= 0.3 is 5.97 Å². The van der Waals surface area contributed by atoms with Crippen molar-refractivity contribution >= 4 is 37.8 Å². The van der Waals surface area contributed by atoms with Crippen LogP contribution in [0.2, 0.25) is 0 Å². The van der Waals surface area contributed by atoms with Crippen LogP contribution in [-0.2, 0) is 0 Å². The van der Waals surface area contributed by atoms with Gasteiger partial charge in [-0.2, -0.15) is 0 Å². The van der Waals surface area contributed by atoms with Crippen LogP contribution in [0.25, 0.3) is 0 Å². The Labute approximate surface area is 94.4 Å². The Hall–Kier alpha value is -0.560. The molecule has 1 aromatic heterocycles. The van der Waals surface area contributed by atoms with Crippen molar-refractivity contribution in [2.75, 3.05) is 0 Å². The summed E-state index contributed by atoms with van der Waals surface area (Å²) in [5, 5.41) is 8.71. The van der Waals surface area contributed by atoms with E-state index in [1.165, 1.54) is 0 Å². The number of halogens is 4. The van der Waals surface area contributed by atoms with E-state index in [1.54, 1.807) is 0 Å². The molecule has 0 atom stereocenters. The highest BCUT2D eigenvalue weighted by atomic mass is 79.9. The van der Waals surface area contributed by atoms with Crippen molar-refractivity contribution in [2.45, 2.75) is 6.43 Å². The third-order valence-corrected chi connectivity index (χ3v) is 2.90. The molecule has 76 valence electrons. The molecule has 3 nitrogen and oxygen atoms in total. The van der Waals surface area contributed by atoms with Crippen molar-refractivity contribution in [3.8, 4) is 0 Å². The van der Waals surface area contributed by atoms with Crippen LogP contribution >= 0.6 is 31.9 Å². The number of aromatic carboxylic acids is 1. The number of carboxylic acid groups (broad SMARTS) is 1. The molecular weight excluding hydrogens is 328 g/mol. The Kier molecular flexibility index (Phi) is 3.54. The third-order valence-electron chi connectivity index (χ3n) is 1.45. The standard InChI is InChI=1S/C7H3Br2F2NO2/c8-4-2(6(10)11)1-12-5(9)3(4)7(13)14/h1,6H,(H,13,14). The van der Waals surface area contributed by atoms with E-state index in [1.807, 2.05) is 0 Å². The van der Waals surface area contributed by atoms with Crippen molar-refractivity contribution in [1.82, 2.24) is 4.98 Å². The smallest absolute Gasteiger partial charge is 0.339 e. The Bertz CT molecular complexity index is 384. The first-order valence-corrected chi connectivity index (χ1v) is 4.89. The minimum atomic E-state index is -2.76. The largest absolute Gasteiger partial charge is 0.478 e. The maximum atomic E-state index is 12.3. The van der Waals surface area contributed by atoms with Crippen LogP contribution in [0.15, 0.2) is 15.3 Å². The van der Waals surface area contributed by atoms with Crippen molar-refractivity contribution in [3.05, 3.63) is 26.4 Å². The van der Waals surface area contributed by atoms with E-state index in [0.717, 1.165) is 6.20 Å². The fourth-order valence-corrected chi connectivity index (χ4v) is 2.19. The normalized spacial score (nSPS) is 10.6. The summed E-state index contributed by atoms with van der Waals surface area (Å²) < 4.78 is 24.5. The van der Waals surface area contributed by atoms with Crippen LogP contribution < -0.4 is 0 Å². The summed E-state index contributed by atoms with van der Waals surface area (Å²) >= 11 is 5.67. The quantitative estimate of drug-likeness (QED) is 0.847. The summed E-state index contributed by atoms with van der Waals surface area (Å²) in [5.41, 5.74) is -0.742. The highest BCUT2D eigenvalue weighted by Crippen LogP contribution is 2.32.